The number of hydrogen-bond donors (Lipinski definition) is 3. The molecule has 0 bridgehead atoms. The average Bonchev–Trinajstić information content (AvgIpc) is 2.43. The molecule has 0 rings (SSSR count). The molecule has 0 heterocycles. The van der Waals surface area contributed by atoms with Crippen molar-refractivity contribution >= 4 is 35.8 Å². The summed E-state index contributed by atoms with van der Waals surface area (Å²) < 4.78 is 5.53. The first kappa shape index (κ1) is 24.7. The van der Waals surface area contributed by atoms with E-state index in [1.807, 2.05) is 20.8 Å². The Hall–Kier alpha value is -0.570. The second-order valence-corrected chi connectivity index (χ2v) is 6.73. The molecule has 0 saturated carbocycles. The predicted octanol–water partition coefficient (Wildman–Crippen LogP) is 1.99. The van der Waals surface area contributed by atoms with Gasteiger partial charge in [-0.25, -0.2) is 0 Å². The van der Waals surface area contributed by atoms with Gasteiger partial charge in [0.05, 0.1) is 6.61 Å². The van der Waals surface area contributed by atoms with Crippen molar-refractivity contribution in [2.75, 3.05) is 39.9 Å². The van der Waals surface area contributed by atoms with Gasteiger partial charge in [0.15, 0.2) is 5.96 Å². The molecule has 0 aromatic carbocycles. The van der Waals surface area contributed by atoms with E-state index in [-0.39, 0.29) is 35.3 Å². The molecule has 0 spiro atoms. The SMILES string of the molecule is CN=C(NCCNC(=O)C(C)(C)C)NCCOCCC(C)C.I. The van der Waals surface area contributed by atoms with Crippen LogP contribution in [0.1, 0.15) is 41.0 Å². The number of nitrogens with zero attached hydrogens (tertiary/aromatic N) is 1. The molecule has 0 radical (unpaired) electrons. The lowest BCUT2D eigenvalue weighted by atomic mass is 9.96. The summed E-state index contributed by atoms with van der Waals surface area (Å²) >= 11 is 0. The fourth-order valence-electron chi connectivity index (χ4n) is 1.51. The fourth-order valence-corrected chi connectivity index (χ4v) is 1.51. The van der Waals surface area contributed by atoms with Crippen LogP contribution in [0, 0.1) is 11.3 Å². The summed E-state index contributed by atoms with van der Waals surface area (Å²) in [5, 5.41) is 9.22. The maximum absolute atomic E-state index is 11.7. The lowest BCUT2D eigenvalue weighted by Gasteiger charge is -2.18. The van der Waals surface area contributed by atoms with Gasteiger partial charge in [-0.05, 0) is 12.3 Å². The molecule has 0 aromatic heterocycles. The van der Waals surface area contributed by atoms with Crippen molar-refractivity contribution in [1.29, 1.82) is 0 Å². The Kier molecular flexibility index (Phi) is 14.8. The van der Waals surface area contributed by atoms with Crippen molar-refractivity contribution in [3.8, 4) is 0 Å². The second-order valence-electron chi connectivity index (χ2n) is 6.73. The summed E-state index contributed by atoms with van der Waals surface area (Å²) in [4.78, 5) is 15.8. The molecule has 0 aliphatic rings. The Morgan fingerprint density at radius 1 is 1.04 bits per heavy atom. The first-order valence-electron chi connectivity index (χ1n) is 8.08. The van der Waals surface area contributed by atoms with Gasteiger partial charge in [-0.15, -0.1) is 24.0 Å². The van der Waals surface area contributed by atoms with Gasteiger partial charge in [0.25, 0.3) is 0 Å². The third-order valence-corrected chi connectivity index (χ3v) is 2.99. The van der Waals surface area contributed by atoms with Crippen molar-refractivity contribution in [2.24, 2.45) is 16.3 Å². The first-order valence-corrected chi connectivity index (χ1v) is 8.08. The van der Waals surface area contributed by atoms with E-state index in [1.165, 1.54) is 0 Å². The molecule has 0 aliphatic carbocycles. The number of aliphatic imine (C=N–C) groups is 1. The highest BCUT2D eigenvalue weighted by molar-refractivity contribution is 14.0. The van der Waals surface area contributed by atoms with Gasteiger partial charge >= 0.3 is 0 Å². The normalized spacial score (nSPS) is 11.9. The minimum atomic E-state index is -0.354. The fraction of sp³-hybridized carbons (Fsp3) is 0.875. The van der Waals surface area contributed by atoms with Crippen molar-refractivity contribution in [1.82, 2.24) is 16.0 Å². The number of guanidine groups is 1. The van der Waals surface area contributed by atoms with Crippen molar-refractivity contribution in [3.05, 3.63) is 0 Å². The Morgan fingerprint density at radius 2 is 1.61 bits per heavy atom. The van der Waals surface area contributed by atoms with E-state index in [1.54, 1.807) is 7.05 Å². The molecule has 23 heavy (non-hydrogen) atoms. The van der Waals surface area contributed by atoms with Crippen LogP contribution in [0.5, 0.6) is 0 Å². The van der Waals surface area contributed by atoms with Gasteiger partial charge in [0.2, 0.25) is 5.91 Å². The Labute approximate surface area is 158 Å². The molecule has 138 valence electrons. The molecule has 0 aliphatic heterocycles. The molecule has 0 aromatic rings. The van der Waals surface area contributed by atoms with E-state index < -0.39 is 0 Å². The minimum Gasteiger partial charge on any atom is -0.380 e. The zero-order chi connectivity index (χ0) is 17.0. The van der Waals surface area contributed by atoms with Crippen LogP contribution in [0.15, 0.2) is 4.99 Å². The summed E-state index contributed by atoms with van der Waals surface area (Å²) in [5.74, 6) is 1.44. The van der Waals surface area contributed by atoms with Crippen LogP contribution in [-0.2, 0) is 9.53 Å². The number of ether oxygens (including phenoxy) is 1. The van der Waals surface area contributed by atoms with Crippen molar-refractivity contribution < 1.29 is 9.53 Å². The maximum Gasteiger partial charge on any atom is 0.225 e. The molecule has 7 heteroatoms. The lowest BCUT2D eigenvalue weighted by molar-refractivity contribution is -0.128. The van der Waals surface area contributed by atoms with Gasteiger partial charge in [-0.1, -0.05) is 34.6 Å². The zero-order valence-corrected chi connectivity index (χ0v) is 17.8. The zero-order valence-electron chi connectivity index (χ0n) is 15.5. The molecular formula is C16H35IN4O2. The van der Waals surface area contributed by atoms with Gasteiger partial charge in [0, 0.05) is 38.7 Å². The first-order chi connectivity index (χ1) is 10.3. The largest absolute Gasteiger partial charge is 0.380 e. The molecular weight excluding hydrogens is 407 g/mol. The molecule has 0 unspecified atom stereocenters. The lowest BCUT2D eigenvalue weighted by Crippen LogP contribution is -2.44. The van der Waals surface area contributed by atoms with E-state index in [0.29, 0.717) is 32.2 Å². The third-order valence-electron chi connectivity index (χ3n) is 2.99. The molecule has 0 atom stereocenters. The Balaban J connectivity index is 0. The van der Waals surface area contributed by atoms with Crippen molar-refractivity contribution in [3.63, 3.8) is 0 Å². The molecule has 0 saturated heterocycles. The molecule has 1 amide bonds. The van der Waals surface area contributed by atoms with E-state index >= 15 is 0 Å². The molecule has 6 nitrogen and oxygen atoms in total. The number of rotatable bonds is 9. The number of hydrogen-bond acceptors (Lipinski definition) is 3. The summed E-state index contributed by atoms with van der Waals surface area (Å²) in [5.41, 5.74) is -0.354. The van der Waals surface area contributed by atoms with Crippen LogP contribution >= 0.6 is 24.0 Å². The second kappa shape index (κ2) is 13.8. The van der Waals surface area contributed by atoms with E-state index in [9.17, 15) is 4.79 Å². The quantitative estimate of drug-likeness (QED) is 0.221. The summed E-state index contributed by atoms with van der Waals surface area (Å²) in [7, 11) is 1.72. The van der Waals surface area contributed by atoms with Gasteiger partial charge < -0.3 is 20.7 Å². The highest BCUT2D eigenvalue weighted by Gasteiger charge is 2.20. The smallest absolute Gasteiger partial charge is 0.225 e. The summed E-state index contributed by atoms with van der Waals surface area (Å²) in [6.45, 7) is 13.4. The van der Waals surface area contributed by atoms with Crippen LogP contribution in [0.3, 0.4) is 0 Å². The number of halogens is 1. The van der Waals surface area contributed by atoms with E-state index in [4.69, 9.17) is 4.74 Å². The monoisotopic (exact) mass is 442 g/mol. The topological polar surface area (TPSA) is 74.8 Å². The van der Waals surface area contributed by atoms with Gasteiger partial charge in [-0.2, -0.15) is 0 Å². The van der Waals surface area contributed by atoms with Crippen LogP contribution < -0.4 is 16.0 Å². The Bertz CT molecular complexity index is 341. The van der Waals surface area contributed by atoms with Crippen molar-refractivity contribution in [2.45, 2.75) is 41.0 Å². The Morgan fingerprint density at radius 3 is 2.13 bits per heavy atom. The third kappa shape index (κ3) is 14.7. The predicted molar refractivity (Wildman–Crippen MR) is 108 cm³/mol. The van der Waals surface area contributed by atoms with Crippen LogP contribution in [0.4, 0.5) is 0 Å². The maximum atomic E-state index is 11.7. The van der Waals surface area contributed by atoms with E-state index in [0.717, 1.165) is 19.0 Å². The van der Waals surface area contributed by atoms with Crippen LogP contribution in [-0.4, -0.2) is 51.8 Å². The van der Waals surface area contributed by atoms with Crippen LogP contribution in [0.25, 0.3) is 0 Å². The molecule has 3 N–H and O–H groups in total. The minimum absolute atomic E-state index is 0. The molecule has 0 fully saturated rings. The summed E-state index contributed by atoms with van der Waals surface area (Å²) in [6.07, 6.45) is 1.08. The van der Waals surface area contributed by atoms with Crippen LogP contribution in [0.2, 0.25) is 0 Å². The number of nitrogens with one attached hydrogen (secondary N) is 3. The van der Waals surface area contributed by atoms with E-state index in [2.05, 4.69) is 34.8 Å². The highest BCUT2D eigenvalue weighted by atomic mass is 127. The average molecular weight is 442 g/mol. The number of carbonyl (C=O) groups is 1. The summed E-state index contributed by atoms with van der Waals surface area (Å²) in [6, 6.07) is 0. The number of amides is 1. The van der Waals surface area contributed by atoms with Gasteiger partial charge in [0.1, 0.15) is 0 Å². The standard InChI is InChI=1S/C16H34N4O2.HI/c1-13(2)7-11-22-12-10-20-15(17-6)19-9-8-18-14(21)16(3,4)5;/h13H,7-12H2,1-6H3,(H,18,21)(H2,17,19,20);1H. The highest BCUT2D eigenvalue weighted by Crippen LogP contribution is 2.11. The number of carbonyl (C=O) groups excluding carboxylic acids is 1. The van der Waals surface area contributed by atoms with Gasteiger partial charge in [-0.3, -0.25) is 9.79 Å².